The van der Waals surface area contributed by atoms with Crippen LogP contribution in [0.5, 0.6) is 0 Å². The van der Waals surface area contributed by atoms with Crippen LogP contribution in [0.3, 0.4) is 0 Å². The zero-order chi connectivity index (χ0) is 22.4. The molecule has 1 N–H and O–H groups in total. The van der Waals surface area contributed by atoms with E-state index in [1.54, 1.807) is 0 Å². The minimum atomic E-state index is 0. The van der Waals surface area contributed by atoms with Crippen LogP contribution in [0.1, 0.15) is 39.9 Å². The maximum Gasteiger partial charge on any atom is 0.236 e. The van der Waals surface area contributed by atoms with E-state index < -0.39 is 0 Å². The fraction of sp³-hybridized carbons (Fsp3) is 0.783. The standard InChI is InChI=1S/C23H41N7O.HI/c1-18(2)14-29-7-6-25-21(29)13-26-23(24-5)28-10-8-27(9-11-28)17-22(31)30-15-19(3)12-20(4)16-30;/h6-7,18-20H,8-17H2,1-5H3,(H,24,26);1H. The number of piperazine rings is 1. The predicted octanol–water partition coefficient (Wildman–Crippen LogP) is 2.35. The van der Waals surface area contributed by atoms with Gasteiger partial charge in [-0.05, 0) is 24.2 Å². The van der Waals surface area contributed by atoms with Crippen LogP contribution < -0.4 is 5.32 Å². The zero-order valence-corrected chi connectivity index (χ0v) is 22.8. The lowest BCUT2D eigenvalue weighted by Gasteiger charge is -2.39. The first-order valence-corrected chi connectivity index (χ1v) is 11.8. The van der Waals surface area contributed by atoms with Crippen molar-refractivity contribution in [3.8, 4) is 0 Å². The van der Waals surface area contributed by atoms with Crippen LogP contribution in [-0.4, -0.2) is 89.0 Å². The van der Waals surface area contributed by atoms with Gasteiger partial charge in [0.1, 0.15) is 5.82 Å². The number of aliphatic imine (C=N–C) groups is 1. The molecule has 1 aromatic rings. The molecule has 2 unspecified atom stereocenters. The predicted molar refractivity (Wildman–Crippen MR) is 140 cm³/mol. The van der Waals surface area contributed by atoms with Gasteiger partial charge in [-0.25, -0.2) is 4.98 Å². The Morgan fingerprint density at radius 3 is 2.41 bits per heavy atom. The normalized spacial score (nSPS) is 22.8. The minimum Gasteiger partial charge on any atom is -0.349 e. The zero-order valence-electron chi connectivity index (χ0n) is 20.5. The van der Waals surface area contributed by atoms with Gasteiger partial charge in [0.05, 0.1) is 13.1 Å². The molecule has 1 amide bonds. The lowest BCUT2D eigenvalue weighted by Crippen LogP contribution is -2.55. The van der Waals surface area contributed by atoms with Gasteiger partial charge in [0, 0.05) is 65.3 Å². The second-order valence-corrected chi connectivity index (χ2v) is 9.80. The Morgan fingerprint density at radius 2 is 1.81 bits per heavy atom. The van der Waals surface area contributed by atoms with Crippen molar-refractivity contribution in [2.24, 2.45) is 22.7 Å². The Kier molecular flexibility index (Phi) is 10.7. The third-order valence-corrected chi connectivity index (χ3v) is 6.23. The number of carbonyl (C=O) groups is 1. The molecule has 2 fully saturated rings. The summed E-state index contributed by atoms with van der Waals surface area (Å²) in [6.45, 7) is 16.4. The molecule has 3 heterocycles. The van der Waals surface area contributed by atoms with E-state index in [0.717, 1.165) is 57.6 Å². The van der Waals surface area contributed by atoms with E-state index >= 15 is 0 Å². The average molecular weight is 560 g/mol. The number of rotatable bonds is 6. The smallest absolute Gasteiger partial charge is 0.236 e. The van der Waals surface area contributed by atoms with Gasteiger partial charge in [-0.3, -0.25) is 14.7 Å². The van der Waals surface area contributed by atoms with E-state index in [0.29, 0.717) is 30.8 Å². The van der Waals surface area contributed by atoms with Crippen LogP contribution in [0.4, 0.5) is 0 Å². The van der Waals surface area contributed by atoms with Crippen molar-refractivity contribution in [2.45, 2.75) is 47.2 Å². The largest absolute Gasteiger partial charge is 0.349 e. The van der Waals surface area contributed by atoms with Gasteiger partial charge in [0.2, 0.25) is 5.91 Å². The molecule has 0 saturated carbocycles. The Balaban J connectivity index is 0.00000363. The third-order valence-electron chi connectivity index (χ3n) is 6.23. The highest BCUT2D eigenvalue weighted by Crippen LogP contribution is 2.21. The number of imidazole rings is 1. The summed E-state index contributed by atoms with van der Waals surface area (Å²) in [6.07, 6.45) is 5.13. The number of hydrogen-bond acceptors (Lipinski definition) is 4. The molecule has 0 aliphatic carbocycles. The number of piperidine rings is 1. The number of amides is 1. The molecule has 3 rings (SSSR count). The Morgan fingerprint density at radius 1 is 1.16 bits per heavy atom. The fourth-order valence-corrected chi connectivity index (χ4v) is 4.83. The molecule has 2 saturated heterocycles. The first kappa shape index (κ1) is 26.9. The summed E-state index contributed by atoms with van der Waals surface area (Å²) in [5.74, 6) is 4.02. The summed E-state index contributed by atoms with van der Waals surface area (Å²) >= 11 is 0. The highest BCUT2D eigenvalue weighted by molar-refractivity contribution is 14.0. The van der Waals surface area contributed by atoms with E-state index in [-0.39, 0.29) is 29.9 Å². The van der Waals surface area contributed by atoms with Gasteiger partial charge in [-0.1, -0.05) is 27.7 Å². The topological polar surface area (TPSA) is 69.0 Å². The monoisotopic (exact) mass is 559 g/mol. The maximum absolute atomic E-state index is 12.8. The van der Waals surface area contributed by atoms with Gasteiger partial charge in [-0.15, -0.1) is 24.0 Å². The molecule has 32 heavy (non-hydrogen) atoms. The molecule has 1 aromatic heterocycles. The second kappa shape index (κ2) is 12.8. The number of guanidine groups is 1. The van der Waals surface area contributed by atoms with Crippen molar-refractivity contribution in [3.05, 3.63) is 18.2 Å². The summed E-state index contributed by atoms with van der Waals surface area (Å²) in [5, 5.41) is 3.47. The molecule has 182 valence electrons. The van der Waals surface area contributed by atoms with Crippen LogP contribution in [0.15, 0.2) is 17.4 Å². The van der Waals surface area contributed by atoms with E-state index in [4.69, 9.17) is 0 Å². The van der Waals surface area contributed by atoms with Gasteiger partial charge in [0.15, 0.2) is 5.96 Å². The third kappa shape index (κ3) is 7.60. The van der Waals surface area contributed by atoms with Crippen LogP contribution in [0.2, 0.25) is 0 Å². The van der Waals surface area contributed by atoms with Crippen molar-refractivity contribution < 1.29 is 4.79 Å². The SMILES string of the molecule is CN=C(NCc1nccn1CC(C)C)N1CCN(CC(=O)N2CC(C)CC(C)C2)CC1.I. The molecular formula is C23H42IN7O. The quantitative estimate of drug-likeness (QED) is 0.330. The van der Waals surface area contributed by atoms with E-state index in [2.05, 4.69) is 62.3 Å². The molecule has 0 bridgehead atoms. The van der Waals surface area contributed by atoms with Crippen LogP contribution in [-0.2, 0) is 17.9 Å². The molecule has 8 nitrogen and oxygen atoms in total. The number of nitrogens with zero attached hydrogens (tertiary/aromatic N) is 6. The van der Waals surface area contributed by atoms with Crippen molar-refractivity contribution in [1.29, 1.82) is 0 Å². The van der Waals surface area contributed by atoms with Crippen LogP contribution in [0, 0.1) is 17.8 Å². The number of likely N-dealkylation sites (tertiary alicyclic amines) is 1. The first-order valence-electron chi connectivity index (χ1n) is 11.8. The molecular weight excluding hydrogens is 517 g/mol. The number of aromatic nitrogens is 2. The van der Waals surface area contributed by atoms with Gasteiger partial charge in [-0.2, -0.15) is 0 Å². The van der Waals surface area contributed by atoms with Crippen molar-refractivity contribution >= 4 is 35.8 Å². The van der Waals surface area contributed by atoms with E-state index in [9.17, 15) is 4.79 Å². The van der Waals surface area contributed by atoms with Crippen molar-refractivity contribution in [1.82, 2.24) is 29.6 Å². The summed E-state index contributed by atoms with van der Waals surface area (Å²) in [6, 6.07) is 0. The van der Waals surface area contributed by atoms with E-state index in [1.165, 1.54) is 6.42 Å². The number of nitrogens with one attached hydrogen (secondary N) is 1. The van der Waals surface area contributed by atoms with Crippen LogP contribution >= 0.6 is 24.0 Å². The Hall–Kier alpha value is -1.36. The lowest BCUT2D eigenvalue weighted by atomic mass is 9.92. The number of hydrogen-bond donors (Lipinski definition) is 1. The highest BCUT2D eigenvalue weighted by atomic mass is 127. The lowest BCUT2D eigenvalue weighted by molar-refractivity contribution is -0.135. The summed E-state index contributed by atoms with van der Waals surface area (Å²) < 4.78 is 2.21. The summed E-state index contributed by atoms with van der Waals surface area (Å²) in [5.41, 5.74) is 0. The van der Waals surface area contributed by atoms with Crippen LogP contribution in [0.25, 0.3) is 0 Å². The average Bonchev–Trinajstić information content (AvgIpc) is 3.15. The fourth-order valence-electron chi connectivity index (χ4n) is 4.83. The molecule has 2 aliphatic heterocycles. The second-order valence-electron chi connectivity index (χ2n) is 9.80. The molecule has 2 atom stereocenters. The van der Waals surface area contributed by atoms with Gasteiger partial charge in [0.25, 0.3) is 0 Å². The molecule has 9 heteroatoms. The molecule has 2 aliphatic rings. The first-order chi connectivity index (χ1) is 14.9. The molecule has 0 spiro atoms. The summed E-state index contributed by atoms with van der Waals surface area (Å²) in [7, 11) is 1.83. The molecule has 0 aromatic carbocycles. The Bertz CT molecular complexity index is 732. The van der Waals surface area contributed by atoms with Gasteiger partial charge < -0.3 is 19.7 Å². The van der Waals surface area contributed by atoms with E-state index in [1.807, 2.05) is 19.4 Å². The van der Waals surface area contributed by atoms with Crippen molar-refractivity contribution in [2.75, 3.05) is 52.9 Å². The number of halogens is 1. The number of carbonyl (C=O) groups excluding carboxylic acids is 1. The Labute approximate surface area is 210 Å². The summed E-state index contributed by atoms with van der Waals surface area (Å²) in [4.78, 5) is 28.4. The minimum absolute atomic E-state index is 0. The van der Waals surface area contributed by atoms with Gasteiger partial charge >= 0.3 is 0 Å². The van der Waals surface area contributed by atoms with Crippen molar-refractivity contribution in [3.63, 3.8) is 0 Å². The highest BCUT2D eigenvalue weighted by Gasteiger charge is 2.28. The maximum atomic E-state index is 12.8. The molecule has 0 radical (unpaired) electrons.